The molecule has 2 rings (SSSR count). The molecule has 1 saturated carbocycles. The second-order valence-electron chi connectivity index (χ2n) is 5.25. The SMILES string of the molecule is CCN(CCc1ccc(N)cn1)C1CCCCC1. The topological polar surface area (TPSA) is 42.1 Å². The number of likely N-dealkylation sites (N-methyl/N-ethyl adjacent to an activating group) is 1. The molecule has 3 nitrogen and oxygen atoms in total. The van der Waals surface area contributed by atoms with Crippen LogP contribution in [-0.4, -0.2) is 29.0 Å². The molecule has 1 aliphatic carbocycles. The zero-order valence-electron chi connectivity index (χ0n) is 11.4. The highest BCUT2D eigenvalue weighted by molar-refractivity contribution is 5.34. The van der Waals surface area contributed by atoms with E-state index in [1.165, 1.54) is 32.1 Å². The van der Waals surface area contributed by atoms with Gasteiger partial charge in [-0.1, -0.05) is 26.2 Å². The van der Waals surface area contributed by atoms with Crippen molar-refractivity contribution in [3.8, 4) is 0 Å². The van der Waals surface area contributed by atoms with Crippen LogP contribution in [0.1, 0.15) is 44.7 Å². The summed E-state index contributed by atoms with van der Waals surface area (Å²) in [6.07, 6.45) is 9.78. The smallest absolute Gasteiger partial charge is 0.0501 e. The number of anilines is 1. The number of hydrogen-bond donors (Lipinski definition) is 1. The van der Waals surface area contributed by atoms with E-state index < -0.39 is 0 Å². The molecular formula is C15H25N3. The Bertz CT molecular complexity index is 341. The molecule has 0 amide bonds. The van der Waals surface area contributed by atoms with Crippen molar-refractivity contribution in [2.45, 2.75) is 51.5 Å². The van der Waals surface area contributed by atoms with Crippen molar-refractivity contribution in [3.63, 3.8) is 0 Å². The minimum absolute atomic E-state index is 0.748. The predicted octanol–water partition coefficient (Wildman–Crippen LogP) is 2.86. The fraction of sp³-hybridized carbons (Fsp3) is 0.667. The molecule has 1 heterocycles. The number of rotatable bonds is 5. The van der Waals surface area contributed by atoms with Crippen LogP contribution in [0, 0.1) is 0 Å². The second kappa shape index (κ2) is 6.74. The maximum absolute atomic E-state index is 5.65. The van der Waals surface area contributed by atoms with Crippen LogP contribution in [0.15, 0.2) is 18.3 Å². The van der Waals surface area contributed by atoms with Crippen molar-refractivity contribution < 1.29 is 0 Å². The van der Waals surface area contributed by atoms with Gasteiger partial charge in [0.25, 0.3) is 0 Å². The van der Waals surface area contributed by atoms with Crippen LogP contribution in [0.25, 0.3) is 0 Å². The van der Waals surface area contributed by atoms with Crippen molar-refractivity contribution in [1.29, 1.82) is 0 Å². The van der Waals surface area contributed by atoms with Gasteiger partial charge in [-0.3, -0.25) is 4.98 Å². The summed E-state index contributed by atoms with van der Waals surface area (Å²) in [5.74, 6) is 0. The third-order valence-electron chi connectivity index (χ3n) is 4.00. The Morgan fingerprint density at radius 1 is 1.28 bits per heavy atom. The Balaban J connectivity index is 1.84. The van der Waals surface area contributed by atoms with E-state index in [0.717, 1.165) is 36.9 Å². The quantitative estimate of drug-likeness (QED) is 0.870. The van der Waals surface area contributed by atoms with E-state index in [1.54, 1.807) is 6.20 Å². The average molecular weight is 247 g/mol. The molecule has 2 N–H and O–H groups in total. The van der Waals surface area contributed by atoms with Gasteiger partial charge in [-0.2, -0.15) is 0 Å². The molecule has 3 heteroatoms. The highest BCUT2D eigenvalue weighted by Crippen LogP contribution is 2.22. The van der Waals surface area contributed by atoms with Crippen molar-refractivity contribution in [3.05, 3.63) is 24.0 Å². The van der Waals surface area contributed by atoms with Crippen molar-refractivity contribution in [2.24, 2.45) is 0 Å². The minimum Gasteiger partial charge on any atom is -0.397 e. The van der Waals surface area contributed by atoms with Gasteiger partial charge < -0.3 is 10.6 Å². The number of nitrogens with two attached hydrogens (primary N) is 1. The molecule has 1 aliphatic rings. The molecule has 0 aliphatic heterocycles. The minimum atomic E-state index is 0.748. The van der Waals surface area contributed by atoms with Gasteiger partial charge in [0.1, 0.15) is 0 Å². The van der Waals surface area contributed by atoms with E-state index in [0.29, 0.717) is 0 Å². The maximum atomic E-state index is 5.65. The average Bonchev–Trinajstić information content (AvgIpc) is 2.43. The standard InChI is InChI=1S/C15H25N3/c1-2-18(15-6-4-3-5-7-15)11-10-14-9-8-13(16)12-17-14/h8-9,12,15H,2-7,10-11,16H2,1H3. The largest absolute Gasteiger partial charge is 0.397 e. The van der Waals surface area contributed by atoms with Gasteiger partial charge in [-0.15, -0.1) is 0 Å². The van der Waals surface area contributed by atoms with Crippen molar-refractivity contribution in [2.75, 3.05) is 18.8 Å². The fourth-order valence-electron chi connectivity index (χ4n) is 2.89. The Kier molecular flexibility index (Phi) is 5.00. The summed E-state index contributed by atoms with van der Waals surface area (Å²) in [6, 6.07) is 4.79. The highest BCUT2D eigenvalue weighted by Gasteiger charge is 2.19. The normalized spacial score (nSPS) is 17.2. The van der Waals surface area contributed by atoms with E-state index in [2.05, 4.69) is 16.8 Å². The summed E-state index contributed by atoms with van der Waals surface area (Å²) >= 11 is 0. The van der Waals surface area contributed by atoms with E-state index in [1.807, 2.05) is 12.1 Å². The van der Waals surface area contributed by atoms with Gasteiger partial charge in [-0.25, -0.2) is 0 Å². The van der Waals surface area contributed by atoms with Gasteiger partial charge >= 0.3 is 0 Å². The molecule has 18 heavy (non-hydrogen) atoms. The maximum Gasteiger partial charge on any atom is 0.0501 e. The van der Waals surface area contributed by atoms with E-state index in [9.17, 15) is 0 Å². The van der Waals surface area contributed by atoms with Crippen LogP contribution in [0.5, 0.6) is 0 Å². The fourth-order valence-corrected chi connectivity index (χ4v) is 2.89. The van der Waals surface area contributed by atoms with Crippen LogP contribution in [0.4, 0.5) is 5.69 Å². The molecule has 0 unspecified atom stereocenters. The van der Waals surface area contributed by atoms with Crippen molar-refractivity contribution >= 4 is 5.69 Å². The summed E-state index contributed by atoms with van der Waals surface area (Å²) in [6.45, 7) is 4.54. The third kappa shape index (κ3) is 3.70. The van der Waals surface area contributed by atoms with E-state index in [-0.39, 0.29) is 0 Å². The number of nitrogens with zero attached hydrogens (tertiary/aromatic N) is 2. The first-order chi connectivity index (χ1) is 8.79. The molecule has 0 spiro atoms. The lowest BCUT2D eigenvalue weighted by Crippen LogP contribution is -2.38. The zero-order chi connectivity index (χ0) is 12.8. The first kappa shape index (κ1) is 13.3. The summed E-state index contributed by atoms with van der Waals surface area (Å²) in [4.78, 5) is 7.00. The molecule has 0 atom stereocenters. The van der Waals surface area contributed by atoms with Gasteiger partial charge in [0.15, 0.2) is 0 Å². The summed E-state index contributed by atoms with van der Waals surface area (Å²) < 4.78 is 0. The highest BCUT2D eigenvalue weighted by atomic mass is 15.1. The molecule has 0 saturated heterocycles. The summed E-state index contributed by atoms with van der Waals surface area (Å²) in [7, 11) is 0. The Hall–Kier alpha value is -1.09. The third-order valence-corrected chi connectivity index (χ3v) is 4.00. The molecule has 0 radical (unpaired) electrons. The predicted molar refractivity (Wildman–Crippen MR) is 76.5 cm³/mol. The van der Waals surface area contributed by atoms with Crippen LogP contribution >= 0.6 is 0 Å². The second-order valence-corrected chi connectivity index (χ2v) is 5.25. The molecule has 100 valence electrons. The first-order valence-corrected chi connectivity index (χ1v) is 7.24. The van der Waals surface area contributed by atoms with Gasteiger partial charge in [0, 0.05) is 24.7 Å². The lowest BCUT2D eigenvalue weighted by molar-refractivity contribution is 0.165. The Morgan fingerprint density at radius 3 is 2.67 bits per heavy atom. The molecule has 0 aromatic carbocycles. The summed E-state index contributed by atoms with van der Waals surface area (Å²) in [5.41, 5.74) is 7.55. The number of nitrogen functional groups attached to an aromatic ring is 1. The van der Waals surface area contributed by atoms with Gasteiger partial charge in [0.2, 0.25) is 0 Å². The van der Waals surface area contributed by atoms with Gasteiger partial charge in [-0.05, 0) is 31.5 Å². The summed E-state index contributed by atoms with van der Waals surface area (Å²) in [5, 5.41) is 0. The molecule has 0 bridgehead atoms. The monoisotopic (exact) mass is 247 g/mol. The lowest BCUT2D eigenvalue weighted by atomic mass is 9.94. The molecule has 1 aromatic rings. The zero-order valence-corrected chi connectivity index (χ0v) is 11.4. The van der Waals surface area contributed by atoms with Crippen LogP contribution in [0.3, 0.4) is 0 Å². The number of hydrogen-bond acceptors (Lipinski definition) is 3. The molecular weight excluding hydrogens is 222 g/mol. The van der Waals surface area contributed by atoms with Crippen LogP contribution < -0.4 is 5.73 Å². The number of aromatic nitrogens is 1. The van der Waals surface area contributed by atoms with Crippen LogP contribution in [-0.2, 0) is 6.42 Å². The first-order valence-electron chi connectivity index (χ1n) is 7.24. The Morgan fingerprint density at radius 2 is 2.06 bits per heavy atom. The number of pyridine rings is 1. The lowest BCUT2D eigenvalue weighted by Gasteiger charge is -2.33. The molecule has 1 aromatic heterocycles. The van der Waals surface area contributed by atoms with E-state index >= 15 is 0 Å². The van der Waals surface area contributed by atoms with E-state index in [4.69, 9.17) is 5.73 Å². The van der Waals surface area contributed by atoms with Crippen LogP contribution in [0.2, 0.25) is 0 Å². The van der Waals surface area contributed by atoms with Gasteiger partial charge in [0.05, 0.1) is 11.9 Å². The molecule has 1 fully saturated rings. The Labute approximate surface area is 110 Å². The van der Waals surface area contributed by atoms with Crippen molar-refractivity contribution in [1.82, 2.24) is 9.88 Å².